The van der Waals surface area contributed by atoms with Crippen molar-refractivity contribution in [3.63, 3.8) is 0 Å². The Balaban J connectivity index is 2.67. The summed E-state index contributed by atoms with van der Waals surface area (Å²) in [6.45, 7) is 0. The van der Waals surface area contributed by atoms with Crippen molar-refractivity contribution in [1.82, 2.24) is 0 Å². The highest BCUT2D eigenvalue weighted by atomic mass is 32.2. The van der Waals surface area contributed by atoms with E-state index >= 15 is 0 Å². The summed E-state index contributed by atoms with van der Waals surface area (Å²) in [6, 6.07) is 4.94. The molecule has 1 rings (SSSR count). The van der Waals surface area contributed by atoms with Gasteiger partial charge in [-0.25, -0.2) is 9.18 Å². The number of rotatable bonds is 4. The van der Waals surface area contributed by atoms with E-state index in [1.165, 1.54) is 12.1 Å². The van der Waals surface area contributed by atoms with E-state index in [0.29, 0.717) is 0 Å². The molecule has 0 fully saturated rings. The number of ether oxygens (including phenoxy) is 2. The van der Waals surface area contributed by atoms with Crippen molar-refractivity contribution in [2.24, 2.45) is 0 Å². The maximum absolute atomic E-state index is 13.1. The van der Waals surface area contributed by atoms with Crippen molar-refractivity contribution in [3.8, 4) is 5.75 Å². The number of carbonyl (C=O) groups excluding carboxylic acids is 1. The molecule has 1 aromatic rings. The van der Waals surface area contributed by atoms with Crippen molar-refractivity contribution in [1.29, 1.82) is 0 Å². The average Bonchev–Trinajstić information content (AvgIpc) is 2.29. The summed E-state index contributed by atoms with van der Waals surface area (Å²) in [4.78, 5) is 10.5. The van der Waals surface area contributed by atoms with E-state index in [4.69, 9.17) is 0 Å². The average molecular weight is 264 g/mol. The molecule has 94 valence electrons. The monoisotopic (exact) mass is 264 g/mol. The van der Waals surface area contributed by atoms with E-state index in [9.17, 15) is 17.6 Å². The largest absolute Gasteiger partial charge is 0.509 e. The number of carbonyl (C=O) groups is 1. The number of methoxy groups -OCH3 is 1. The molecule has 0 unspecified atom stereocenters. The van der Waals surface area contributed by atoms with Gasteiger partial charge in [0, 0.05) is 0 Å². The fourth-order valence-electron chi connectivity index (χ4n) is 0.852. The van der Waals surface area contributed by atoms with Gasteiger partial charge in [-0.15, -0.1) is 0 Å². The number of halogens is 1. The second kappa shape index (κ2) is 5.48. The van der Waals surface area contributed by atoms with E-state index in [-0.39, 0.29) is 0 Å². The molecule has 0 aliphatic rings. The molecule has 17 heavy (non-hydrogen) atoms. The molecule has 6 nitrogen and oxygen atoms in total. The molecule has 0 amide bonds. The lowest BCUT2D eigenvalue weighted by atomic mass is 10.3. The molecule has 0 saturated carbocycles. The van der Waals surface area contributed by atoms with Crippen molar-refractivity contribution in [2.45, 2.75) is 0 Å². The summed E-state index contributed by atoms with van der Waals surface area (Å²) in [7, 11) is -3.20. The van der Waals surface area contributed by atoms with Crippen LogP contribution in [0.15, 0.2) is 24.3 Å². The van der Waals surface area contributed by atoms with Crippen LogP contribution in [0.5, 0.6) is 5.75 Å². The highest BCUT2D eigenvalue weighted by Gasteiger charge is 2.18. The van der Waals surface area contributed by atoms with E-state index in [2.05, 4.69) is 13.7 Å². The summed E-state index contributed by atoms with van der Waals surface area (Å²) in [5, 5.41) is 0. The van der Waals surface area contributed by atoms with Gasteiger partial charge in [-0.1, -0.05) is 12.1 Å². The van der Waals surface area contributed by atoms with Crippen LogP contribution in [0, 0.1) is 5.82 Å². The SMILES string of the molecule is COC(=O)OCS(=O)(=O)Oc1ccccc1F. The van der Waals surface area contributed by atoms with Gasteiger partial charge in [-0.3, -0.25) is 0 Å². The molecule has 0 aromatic heterocycles. The third-order valence-electron chi connectivity index (χ3n) is 1.54. The van der Waals surface area contributed by atoms with Crippen molar-refractivity contribution >= 4 is 16.3 Å². The second-order valence-corrected chi connectivity index (χ2v) is 4.31. The highest BCUT2D eigenvalue weighted by molar-refractivity contribution is 7.86. The van der Waals surface area contributed by atoms with E-state index in [0.717, 1.165) is 19.2 Å². The van der Waals surface area contributed by atoms with Gasteiger partial charge in [-0.05, 0) is 12.1 Å². The van der Waals surface area contributed by atoms with E-state index in [1.54, 1.807) is 0 Å². The Morgan fingerprint density at radius 2 is 2.00 bits per heavy atom. The number of benzene rings is 1. The van der Waals surface area contributed by atoms with Gasteiger partial charge in [0.15, 0.2) is 11.6 Å². The zero-order valence-corrected chi connectivity index (χ0v) is 9.57. The lowest BCUT2D eigenvalue weighted by Crippen LogP contribution is -2.19. The lowest BCUT2D eigenvalue weighted by Gasteiger charge is -2.07. The molecular formula is C9H9FO6S. The predicted octanol–water partition coefficient (Wildman–Crippen LogP) is 1.27. The topological polar surface area (TPSA) is 78.9 Å². The first-order valence-corrected chi connectivity index (χ1v) is 5.90. The molecule has 0 heterocycles. The van der Waals surface area contributed by atoms with Crippen LogP contribution in [-0.2, 0) is 19.6 Å². The standard InChI is InChI=1S/C9H9FO6S/c1-14-9(11)15-6-17(12,13)16-8-5-3-2-4-7(8)10/h2-5H,6H2,1H3. The van der Waals surface area contributed by atoms with Gasteiger partial charge in [-0.2, -0.15) is 8.42 Å². The van der Waals surface area contributed by atoms with Crippen LogP contribution in [0.1, 0.15) is 0 Å². The molecule has 1 aromatic carbocycles. The van der Waals surface area contributed by atoms with Gasteiger partial charge in [0.25, 0.3) is 0 Å². The fraction of sp³-hybridized carbons (Fsp3) is 0.222. The van der Waals surface area contributed by atoms with Crippen LogP contribution in [0.3, 0.4) is 0 Å². The second-order valence-electron chi connectivity index (χ2n) is 2.79. The Labute approximate surface area is 97.0 Å². The maximum atomic E-state index is 13.1. The zero-order chi connectivity index (χ0) is 12.9. The van der Waals surface area contributed by atoms with E-state index in [1.807, 2.05) is 0 Å². The molecule has 0 aliphatic carbocycles. The van der Waals surface area contributed by atoms with Gasteiger partial charge in [0.1, 0.15) is 0 Å². The normalized spacial score (nSPS) is 10.7. The molecule has 0 saturated heterocycles. The van der Waals surface area contributed by atoms with Crippen LogP contribution in [0.2, 0.25) is 0 Å². The summed E-state index contributed by atoms with van der Waals surface area (Å²) in [5.41, 5.74) is 0. The third-order valence-corrected chi connectivity index (χ3v) is 2.38. The van der Waals surface area contributed by atoms with Crippen molar-refractivity contribution in [3.05, 3.63) is 30.1 Å². The molecule has 0 radical (unpaired) electrons. The molecule has 0 atom stereocenters. The van der Waals surface area contributed by atoms with Crippen molar-refractivity contribution in [2.75, 3.05) is 13.0 Å². The molecule has 0 spiro atoms. The lowest BCUT2D eigenvalue weighted by molar-refractivity contribution is 0.0850. The summed E-state index contributed by atoms with van der Waals surface area (Å²) >= 11 is 0. The quantitative estimate of drug-likeness (QED) is 0.602. The van der Waals surface area contributed by atoms with Crippen LogP contribution in [0.4, 0.5) is 9.18 Å². The van der Waals surface area contributed by atoms with Crippen molar-refractivity contribution < 1.29 is 31.3 Å². The molecule has 0 bridgehead atoms. The Bertz CT molecular complexity index is 498. The Kier molecular flexibility index (Phi) is 4.27. The number of hydrogen-bond acceptors (Lipinski definition) is 6. The minimum Gasteiger partial charge on any atom is -0.438 e. The van der Waals surface area contributed by atoms with Gasteiger partial charge >= 0.3 is 16.3 Å². The van der Waals surface area contributed by atoms with E-state index < -0.39 is 33.8 Å². The smallest absolute Gasteiger partial charge is 0.438 e. The molecule has 8 heteroatoms. The maximum Gasteiger partial charge on any atom is 0.509 e. The van der Waals surface area contributed by atoms with Crippen LogP contribution in [-0.4, -0.2) is 27.6 Å². The number of para-hydroxylation sites is 1. The number of hydrogen-bond donors (Lipinski definition) is 0. The first-order valence-electron chi connectivity index (χ1n) is 4.32. The van der Waals surface area contributed by atoms with Crippen LogP contribution >= 0.6 is 0 Å². The minimum absolute atomic E-state index is 0.471. The summed E-state index contributed by atoms with van der Waals surface area (Å²) in [6.07, 6.45) is -1.18. The third kappa shape index (κ3) is 4.27. The van der Waals surface area contributed by atoms with Gasteiger partial charge in [0.05, 0.1) is 7.11 Å². The summed E-state index contributed by atoms with van der Waals surface area (Å²) in [5.74, 6) is -2.37. The van der Waals surface area contributed by atoms with Crippen LogP contribution < -0.4 is 4.18 Å². The first-order chi connectivity index (χ1) is 7.94. The molecule has 0 N–H and O–H groups in total. The Morgan fingerprint density at radius 1 is 1.35 bits per heavy atom. The summed E-state index contributed by atoms with van der Waals surface area (Å²) < 4.78 is 48.2. The predicted molar refractivity (Wildman–Crippen MR) is 54.3 cm³/mol. The molecule has 0 aliphatic heterocycles. The fourth-order valence-corrected chi connectivity index (χ4v) is 1.55. The Morgan fingerprint density at radius 3 is 2.59 bits per heavy atom. The zero-order valence-electron chi connectivity index (χ0n) is 8.75. The van der Waals surface area contributed by atoms with Crippen LogP contribution in [0.25, 0.3) is 0 Å². The minimum atomic E-state index is -4.23. The Hall–Kier alpha value is -1.83. The highest BCUT2D eigenvalue weighted by Crippen LogP contribution is 2.17. The van der Waals surface area contributed by atoms with Gasteiger partial charge in [0.2, 0.25) is 5.94 Å². The van der Waals surface area contributed by atoms with Gasteiger partial charge < -0.3 is 13.7 Å². The molecular weight excluding hydrogens is 255 g/mol. The first kappa shape index (κ1) is 13.2.